The lowest BCUT2D eigenvalue weighted by atomic mass is 10.0. The summed E-state index contributed by atoms with van der Waals surface area (Å²) in [5, 5.41) is 4.36. The molecule has 4 heteroatoms. The first-order valence-electron chi connectivity index (χ1n) is 7.09. The molecule has 1 N–H and O–H groups in total. The van der Waals surface area contributed by atoms with Crippen LogP contribution in [0.4, 0.5) is 0 Å². The van der Waals surface area contributed by atoms with Crippen LogP contribution in [0.1, 0.15) is 38.6 Å². The van der Waals surface area contributed by atoms with Gasteiger partial charge < -0.3 is 9.88 Å². The molecule has 3 nitrogen and oxygen atoms in total. The van der Waals surface area contributed by atoms with Crippen molar-refractivity contribution < 1.29 is 0 Å². The van der Waals surface area contributed by atoms with Crippen molar-refractivity contribution >= 4 is 22.6 Å². The SMILES string of the molecule is CCCn1c(C2NCCC2C)nc2ccc(Cl)cc21. The van der Waals surface area contributed by atoms with E-state index in [-0.39, 0.29) is 0 Å². The number of halogens is 1. The third kappa shape index (κ3) is 2.26. The van der Waals surface area contributed by atoms with E-state index in [2.05, 4.69) is 23.7 Å². The minimum atomic E-state index is 0.373. The fourth-order valence-corrected chi connectivity index (χ4v) is 3.16. The Kier molecular flexibility index (Phi) is 3.50. The van der Waals surface area contributed by atoms with Crippen LogP contribution in [0.3, 0.4) is 0 Å². The number of nitrogens with one attached hydrogen (secondary N) is 1. The number of benzene rings is 1. The van der Waals surface area contributed by atoms with Crippen LogP contribution in [-0.2, 0) is 6.54 Å². The quantitative estimate of drug-likeness (QED) is 0.925. The van der Waals surface area contributed by atoms with Crippen molar-refractivity contribution in [3.63, 3.8) is 0 Å². The molecule has 2 aromatic rings. The smallest absolute Gasteiger partial charge is 0.127 e. The average Bonchev–Trinajstić information content (AvgIpc) is 2.94. The van der Waals surface area contributed by atoms with Gasteiger partial charge in [0.15, 0.2) is 0 Å². The van der Waals surface area contributed by atoms with Crippen molar-refractivity contribution in [1.82, 2.24) is 14.9 Å². The first-order chi connectivity index (χ1) is 9.20. The zero-order chi connectivity index (χ0) is 13.4. The molecule has 2 unspecified atom stereocenters. The molecule has 3 rings (SSSR count). The number of hydrogen-bond donors (Lipinski definition) is 1. The largest absolute Gasteiger partial charge is 0.327 e. The van der Waals surface area contributed by atoms with Gasteiger partial charge in [-0.05, 0) is 43.5 Å². The normalized spacial score (nSPS) is 23.3. The second kappa shape index (κ2) is 5.14. The highest BCUT2D eigenvalue weighted by Crippen LogP contribution is 2.31. The Balaban J connectivity index is 2.14. The summed E-state index contributed by atoms with van der Waals surface area (Å²) in [6, 6.07) is 6.34. The fourth-order valence-electron chi connectivity index (χ4n) is 2.99. The van der Waals surface area contributed by atoms with Crippen molar-refractivity contribution in [3.05, 3.63) is 29.0 Å². The predicted molar refractivity (Wildman–Crippen MR) is 79.6 cm³/mol. The van der Waals surface area contributed by atoms with E-state index < -0.39 is 0 Å². The summed E-state index contributed by atoms with van der Waals surface area (Å²) >= 11 is 6.13. The number of fused-ring (bicyclic) bond motifs is 1. The predicted octanol–water partition coefficient (Wildman–Crippen LogP) is 3.77. The van der Waals surface area contributed by atoms with E-state index in [0.717, 1.165) is 35.6 Å². The third-order valence-electron chi connectivity index (χ3n) is 4.00. The van der Waals surface area contributed by atoms with E-state index in [1.54, 1.807) is 0 Å². The zero-order valence-corrected chi connectivity index (χ0v) is 12.2. The summed E-state index contributed by atoms with van der Waals surface area (Å²) < 4.78 is 2.33. The third-order valence-corrected chi connectivity index (χ3v) is 4.23. The zero-order valence-electron chi connectivity index (χ0n) is 11.5. The maximum Gasteiger partial charge on any atom is 0.127 e. The Morgan fingerprint density at radius 1 is 1.47 bits per heavy atom. The molecule has 1 aromatic carbocycles. The van der Waals surface area contributed by atoms with Crippen molar-refractivity contribution in [2.45, 2.75) is 39.3 Å². The van der Waals surface area contributed by atoms with Gasteiger partial charge in [-0.15, -0.1) is 0 Å². The van der Waals surface area contributed by atoms with E-state index in [9.17, 15) is 0 Å². The number of imidazole rings is 1. The molecule has 0 spiro atoms. The van der Waals surface area contributed by atoms with Crippen LogP contribution in [0.25, 0.3) is 11.0 Å². The Hall–Kier alpha value is -1.06. The lowest BCUT2D eigenvalue weighted by molar-refractivity contribution is 0.457. The van der Waals surface area contributed by atoms with E-state index in [1.807, 2.05) is 18.2 Å². The molecule has 0 radical (unpaired) electrons. The van der Waals surface area contributed by atoms with E-state index in [0.29, 0.717) is 12.0 Å². The molecule has 1 aliphatic heterocycles. The summed E-state index contributed by atoms with van der Waals surface area (Å²) in [5.74, 6) is 1.81. The summed E-state index contributed by atoms with van der Waals surface area (Å²) in [5.41, 5.74) is 2.21. The minimum absolute atomic E-state index is 0.373. The molecule has 102 valence electrons. The molecule has 1 aliphatic rings. The Bertz CT molecular complexity index is 590. The van der Waals surface area contributed by atoms with Crippen LogP contribution in [0.15, 0.2) is 18.2 Å². The molecule has 1 aromatic heterocycles. The standard InChI is InChI=1S/C15H20ClN3/c1-3-8-19-13-9-11(16)4-5-12(13)18-15(19)14-10(2)6-7-17-14/h4-5,9-10,14,17H,3,6-8H2,1-2H3. The van der Waals surface area contributed by atoms with E-state index >= 15 is 0 Å². The number of rotatable bonds is 3. The van der Waals surface area contributed by atoms with Crippen LogP contribution >= 0.6 is 11.6 Å². The number of hydrogen-bond acceptors (Lipinski definition) is 2. The monoisotopic (exact) mass is 277 g/mol. The summed E-state index contributed by atoms with van der Waals surface area (Å²) in [6.07, 6.45) is 2.33. The summed E-state index contributed by atoms with van der Waals surface area (Å²) in [4.78, 5) is 4.85. The Morgan fingerprint density at radius 2 is 2.32 bits per heavy atom. The van der Waals surface area contributed by atoms with Crippen LogP contribution in [0.2, 0.25) is 5.02 Å². The van der Waals surface area contributed by atoms with Crippen LogP contribution in [0, 0.1) is 5.92 Å². The first kappa shape index (κ1) is 12.9. The molecule has 19 heavy (non-hydrogen) atoms. The lowest BCUT2D eigenvalue weighted by Gasteiger charge is -2.17. The van der Waals surface area contributed by atoms with Crippen molar-refractivity contribution in [2.75, 3.05) is 6.54 Å². The summed E-state index contributed by atoms with van der Waals surface area (Å²) in [6.45, 7) is 6.58. The van der Waals surface area contributed by atoms with Crippen molar-refractivity contribution in [3.8, 4) is 0 Å². The number of aryl methyl sites for hydroxylation is 1. The van der Waals surface area contributed by atoms with Gasteiger partial charge in [0.25, 0.3) is 0 Å². The molecular formula is C15H20ClN3. The van der Waals surface area contributed by atoms with Crippen LogP contribution in [-0.4, -0.2) is 16.1 Å². The van der Waals surface area contributed by atoms with Crippen LogP contribution in [0.5, 0.6) is 0 Å². The van der Waals surface area contributed by atoms with Crippen LogP contribution < -0.4 is 5.32 Å². The van der Waals surface area contributed by atoms with Gasteiger partial charge in [0, 0.05) is 11.6 Å². The van der Waals surface area contributed by atoms with Gasteiger partial charge in [-0.25, -0.2) is 4.98 Å². The van der Waals surface area contributed by atoms with Gasteiger partial charge in [0.05, 0.1) is 17.1 Å². The van der Waals surface area contributed by atoms with Gasteiger partial charge in [-0.1, -0.05) is 25.4 Å². The highest BCUT2D eigenvalue weighted by Gasteiger charge is 2.29. The molecule has 0 amide bonds. The van der Waals surface area contributed by atoms with Gasteiger partial charge >= 0.3 is 0 Å². The number of nitrogens with zero attached hydrogens (tertiary/aromatic N) is 2. The second-order valence-corrected chi connectivity index (χ2v) is 5.89. The molecule has 2 atom stereocenters. The highest BCUT2D eigenvalue weighted by molar-refractivity contribution is 6.31. The Morgan fingerprint density at radius 3 is 3.00 bits per heavy atom. The molecule has 0 aliphatic carbocycles. The van der Waals surface area contributed by atoms with Crippen molar-refractivity contribution in [1.29, 1.82) is 0 Å². The van der Waals surface area contributed by atoms with E-state index in [4.69, 9.17) is 16.6 Å². The van der Waals surface area contributed by atoms with Crippen molar-refractivity contribution in [2.24, 2.45) is 5.92 Å². The minimum Gasteiger partial charge on any atom is -0.327 e. The average molecular weight is 278 g/mol. The molecule has 0 bridgehead atoms. The summed E-state index contributed by atoms with van der Waals surface area (Å²) in [7, 11) is 0. The maximum atomic E-state index is 6.13. The maximum absolute atomic E-state index is 6.13. The van der Waals surface area contributed by atoms with Gasteiger partial charge in [-0.3, -0.25) is 0 Å². The molecule has 1 fully saturated rings. The van der Waals surface area contributed by atoms with E-state index in [1.165, 1.54) is 12.2 Å². The topological polar surface area (TPSA) is 29.9 Å². The molecular weight excluding hydrogens is 258 g/mol. The molecule has 1 saturated heterocycles. The van der Waals surface area contributed by atoms with Gasteiger partial charge in [0.1, 0.15) is 5.82 Å². The first-order valence-corrected chi connectivity index (χ1v) is 7.47. The lowest BCUT2D eigenvalue weighted by Crippen LogP contribution is -2.21. The number of aromatic nitrogens is 2. The molecule has 0 saturated carbocycles. The van der Waals surface area contributed by atoms with Gasteiger partial charge in [-0.2, -0.15) is 0 Å². The fraction of sp³-hybridized carbons (Fsp3) is 0.533. The molecule has 2 heterocycles. The Labute approximate surface area is 119 Å². The second-order valence-electron chi connectivity index (χ2n) is 5.45. The van der Waals surface area contributed by atoms with Gasteiger partial charge in [0.2, 0.25) is 0 Å². The highest BCUT2D eigenvalue weighted by atomic mass is 35.5.